The molecule has 1 aromatic heterocycles. The van der Waals surface area contributed by atoms with E-state index in [-0.39, 0.29) is 0 Å². The summed E-state index contributed by atoms with van der Waals surface area (Å²) in [7, 11) is 2.03. The van der Waals surface area contributed by atoms with Crippen molar-refractivity contribution in [1.82, 2.24) is 20.2 Å². The van der Waals surface area contributed by atoms with Crippen molar-refractivity contribution in [3.05, 3.63) is 30.1 Å². The van der Waals surface area contributed by atoms with E-state index in [0.717, 1.165) is 29.9 Å². The number of rotatable bonds is 5. The average Bonchev–Trinajstić information content (AvgIpc) is 2.88. The second kappa shape index (κ2) is 6.37. The lowest BCUT2D eigenvalue weighted by atomic mass is 9.99. The predicted molar refractivity (Wildman–Crippen MR) is 82.7 cm³/mol. The van der Waals surface area contributed by atoms with Crippen LogP contribution in [0.4, 0.5) is 0 Å². The van der Waals surface area contributed by atoms with E-state index >= 15 is 0 Å². The highest BCUT2D eigenvalue weighted by molar-refractivity contribution is 5.74. The van der Waals surface area contributed by atoms with E-state index in [1.807, 2.05) is 13.1 Å². The predicted octanol–water partition coefficient (Wildman–Crippen LogP) is 2.53. The fraction of sp³-hybridized carbons (Fsp3) is 0.562. The van der Waals surface area contributed by atoms with Gasteiger partial charge in [0.1, 0.15) is 5.82 Å². The molecule has 0 bridgehead atoms. The van der Waals surface area contributed by atoms with E-state index in [2.05, 4.69) is 33.4 Å². The standard InChI is InChI=1S/C16H24N4/c1-17-10-9-13-6-4-5-11-20(13)12-16-18-14-7-2-3-8-15(14)19-16/h2-3,7-8,13,17H,4-6,9-12H2,1H3,(H,18,19). The van der Waals surface area contributed by atoms with Crippen LogP contribution in [0.2, 0.25) is 0 Å². The first-order valence-electron chi connectivity index (χ1n) is 7.69. The SMILES string of the molecule is CNCCC1CCCCN1Cc1nc2ccccc2[nH]1. The Morgan fingerprint density at radius 1 is 1.35 bits per heavy atom. The highest BCUT2D eigenvalue weighted by Gasteiger charge is 2.22. The van der Waals surface area contributed by atoms with E-state index in [9.17, 15) is 0 Å². The van der Waals surface area contributed by atoms with Crippen molar-refractivity contribution in [2.24, 2.45) is 0 Å². The minimum atomic E-state index is 0.699. The number of piperidine rings is 1. The molecule has 1 unspecified atom stereocenters. The fourth-order valence-corrected chi connectivity index (χ4v) is 3.18. The van der Waals surface area contributed by atoms with Gasteiger partial charge in [0, 0.05) is 6.04 Å². The van der Waals surface area contributed by atoms with Crippen LogP contribution < -0.4 is 5.32 Å². The lowest BCUT2D eigenvalue weighted by molar-refractivity contribution is 0.129. The summed E-state index contributed by atoms with van der Waals surface area (Å²) >= 11 is 0. The molecular formula is C16H24N4. The second-order valence-electron chi connectivity index (χ2n) is 5.71. The number of likely N-dealkylation sites (tertiary alicyclic amines) is 1. The molecule has 1 aromatic carbocycles. The summed E-state index contributed by atoms with van der Waals surface area (Å²) in [5, 5.41) is 3.27. The van der Waals surface area contributed by atoms with Crippen molar-refractivity contribution in [1.29, 1.82) is 0 Å². The van der Waals surface area contributed by atoms with Crippen LogP contribution in [0.15, 0.2) is 24.3 Å². The van der Waals surface area contributed by atoms with Crippen LogP contribution >= 0.6 is 0 Å². The molecule has 1 aliphatic rings. The average molecular weight is 272 g/mol. The lowest BCUT2D eigenvalue weighted by Crippen LogP contribution is -2.40. The first-order valence-corrected chi connectivity index (χ1v) is 7.69. The maximum atomic E-state index is 4.71. The van der Waals surface area contributed by atoms with E-state index in [1.165, 1.54) is 32.2 Å². The van der Waals surface area contributed by atoms with Crippen LogP contribution in [0.25, 0.3) is 11.0 Å². The number of aromatic amines is 1. The van der Waals surface area contributed by atoms with Gasteiger partial charge in [0.15, 0.2) is 0 Å². The Morgan fingerprint density at radius 3 is 3.10 bits per heavy atom. The molecule has 3 rings (SSSR count). The molecule has 4 nitrogen and oxygen atoms in total. The van der Waals surface area contributed by atoms with Gasteiger partial charge in [0.05, 0.1) is 17.6 Å². The Morgan fingerprint density at radius 2 is 2.25 bits per heavy atom. The number of imidazole rings is 1. The third-order valence-electron chi connectivity index (χ3n) is 4.27. The molecule has 2 heterocycles. The van der Waals surface area contributed by atoms with Gasteiger partial charge >= 0.3 is 0 Å². The van der Waals surface area contributed by atoms with Crippen LogP contribution in [-0.2, 0) is 6.54 Å². The zero-order valence-electron chi connectivity index (χ0n) is 12.2. The minimum Gasteiger partial charge on any atom is -0.341 e. The molecule has 108 valence electrons. The molecule has 0 aliphatic carbocycles. The molecule has 0 radical (unpaired) electrons. The van der Waals surface area contributed by atoms with Crippen molar-refractivity contribution in [3.63, 3.8) is 0 Å². The van der Waals surface area contributed by atoms with Gasteiger partial charge in [-0.1, -0.05) is 18.6 Å². The van der Waals surface area contributed by atoms with Crippen molar-refractivity contribution in [2.75, 3.05) is 20.1 Å². The maximum Gasteiger partial charge on any atom is 0.121 e. The first-order chi connectivity index (χ1) is 9.86. The molecular weight excluding hydrogens is 248 g/mol. The fourth-order valence-electron chi connectivity index (χ4n) is 3.18. The molecule has 1 saturated heterocycles. The molecule has 2 N–H and O–H groups in total. The summed E-state index contributed by atoms with van der Waals surface area (Å²) in [6.45, 7) is 3.25. The van der Waals surface area contributed by atoms with E-state index in [0.29, 0.717) is 6.04 Å². The summed E-state index contributed by atoms with van der Waals surface area (Å²) < 4.78 is 0. The van der Waals surface area contributed by atoms with Crippen molar-refractivity contribution in [2.45, 2.75) is 38.3 Å². The highest BCUT2D eigenvalue weighted by atomic mass is 15.2. The molecule has 0 saturated carbocycles. The molecule has 0 amide bonds. The zero-order valence-corrected chi connectivity index (χ0v) is 12.2. The van der Waals surface area contributed by atoms with E-state index in [1.54, 1.807) is 0 Å². The maximum absolute atomic E-state index is 4.71. The van der Waals surface area contributed by atoms with E-state index < -0.39 is 0 Å². The molecule has 1 atom stereocenters. The van der Waals surface area contributed by atoms with Gasteiger partial charge in [-0.05, 0) is 51.5 Å². The number of benzene rings is 1. The summed E-state index contributed by atoms with van der Waals surface area (Å²) in [4.78, 5) is 10.8. The lowest BCUT2D eigenvalue weighted by Gasteiger charge is -2.35. The summed E-state index contributed by atoms with van der Waals surface area (Å²) in [6, 6.07) is 8.97. The van der Waals surface area contributed by atoms with Crippen LogP contribution in [0.1, 0.15) is 31.5 Å². The molecule has 0 spiro atoms. The van der Waals surface area contributed by atoms with Gasteiger partial charge in [-0.2, -0.15) is 0 Å². The molecule has 4 heteroatoms. The molecule has 2 aromatic rings. The van der Waals surface area contributed by atoms with Gasteiger partial charge in [-0.15, -0.1) is 0 Å². The number of H-pyrrole nitrogens is 1. The van der Waals surface area contributed by atoms with Crippen molar-refractivity contribution in [3.8, 4) is 0 Å². The van der Waals surface area contributed by atoms with Gasteiger partial charge in [-0.25, -0.2) is 4.98 Å². The minimum absolute atomic E-state index is 0.699. The number of nitrogens with one attached hydrogen (secondary N) is 2. The quantitative estimate of drug-likeness (QED) is 0.879. The summed E-state index contributed by atoms with van der Waals surface area (Å²) in [5.74, 6) is 1.10. The van der Waals surface area contributed by atoms with Crippen LogP contribution in [-0.4, -0.2) is 41.0 Å². The largest absolute Gasteiger partial charge is 0.341 e. The Hall–Kier alpha value is -1.39. The Kier molecular flexibility index (Phi) is 4.33. The third kappa shape index (κ3) is 3.02. The zero-order chi connectivity index (χ0) is 13.8. The Bertz CT molecular complexity index is 515. The van der Waals surface area contributed by atoms with Crippen LogP contribution in [0.5, 0.6) is 0 Å². The second-order valence-corrected chi connectivity index (χ2v) is 5.71. The number of hydrogen-bond acceptors (Lipinski definition) is 3. The topological polar surface area (TPSA) is 44.0 Å². The smallest absolute Gasteiger partial charge is 0.121 e. The Labute approximate surface area is 120 Å². The number of para-hydroxylation sites is 2. The van der Waals surface area contributed by atoms with Crippen molar-refractivity contribution < 1.29 is 0 Å². The van der Waals surface area contributed by atoms with Gasteiger partial charge in [-0.3, -0.25) is 4.90 Å². The van der Waals surface area contributed by atoms with Gasteiger partial charge in [0.2, 0.25) is 0 Å². The molecule has 1 fully saturated rings. The number of hydrogen-bond donors (Lipinski definition) is 2. The monoisotopic (exact) mass is 272 g/mol. The van der Waals surface area contributed by atoms with Crippen molar-refractivity contribution >= 4 is 11.0 Å². The number of nitrogens with zero attached hydrogens (tertiary/aromatic N) is 2. The Balaban J connectivity index is 1.70. The number of fused-ring (bicyclic) bond motifs is 1. The third-order valence-corrected chi connectivity index (χ3v) is 4.27. The summed E-state index contributed by atoms with van der Waals surface area (Å²) in [6.07, 6.45) is 5.24. The summed E-state index contributed by atoms with van der Waals surface area (Å²) in [5.41, 5.74) is 2.22. The highest BCUT2D eigenvalue weighted by Crippen LogP contribution is 2.21. The molecule has 1 aliphatic heterocycles. The number of aromatic nitrogens is 2. The van der Waals surface area contributed by atoms with Crippen LogP contribution in [0, 0.1) is 0 Å². The first kappa shape index (κ1) is 13.6. The van der Waals surface area contributed by atoms with Gasteiger partial charge < -0.3 is 10.3 Å². The molecule has 20 heavy (non-hydrogen) atoms. The van der Waals surface area contributed by atoms with E-state index in [4.69, 9.17) is 4.98 Å². The van der Waals surface area contributed by atoms with Crippen LogP contribution in [0.3, 0.4) is 0 Å². The normalized spacial score (nSPS) is 20.6. The van der Waals surface area contributed by atoms with Gasteiger partial charge in [0.25, 0.3) is 0 Å².